The van der Waals surface area contributed by atoms with Crippen molar-refractivity contribution in [1.82, 2.24) is 0 Å². The molecule has 2 saturated carbocycles. The molecular weight excluding hydrogens is 206 g/mol. The number of hydrogen-bond acceptors (Lipinski definition) is 1. The molecule has 1 heteroatoms. The van der Waals surface area contributed by atoms with Crippen LogP contribution in [0.5, 0.6) is 0 Å². The first-order chi connectivity index (χ1) is 8.14. The summed E-state index contributed by atoms with van der Waals surface area (Å²) in [6, 6.07) is 0.493. The molecule has 0 aromatic rings. The van der Waals surface area contributed by atoms with Crippen LogP contribution in [0.15, 0.2) is 0 Å². The highest BCUT2D eigenvalue weighted by Gasteiger charge is 2.42. The first-order valence-corrected chi connectivity index (χ1v) is 7.90. The van der Waals surface area contributed by atoms with E-state index in [2.05, 4.69) is 13.8 Å². The fourth-order valence-corrected chi connectivity index (χ4v) is 4.56. The third kappa shape index (κ3) is 3.05. The number of hydrogen-bond donors (Lipinski definition) is 1. The molecule has 0 amide bonds. The summed E-state index contributed by atoms with van der Waals surface area (Å²) in [6.45, 7) is 4.74. The summed E-state index contributed by atoms with van der Waals surface area (Å²) in [5, 5.41) is 0. The number of nitrogens with two attached hydrogens (primary N) is 1. The minimum absolute atomic E-state index is 0.493. The molecule has 0 heterocycles. The molecule has 0 aliphatic heterocycles. The fourth-order valence-electron chi connectivity index (χ4n) is 4.56. The van der Waals surface area contributed by atoms with E-state index in [1.54, 1.807) is 0 Å². The summed E-state index contributed by atoms with van der Waals surface area (Å²) >= 11 is 0. The standard InChI is InChI=1S/C16H31N/c1-13(2)12-16(10-6-7-11-16)15(17)14-8-4-3-5-9-14/h13-15H,3-12,17H2,1-2H3. The quantitative estimate of drug-likeness (QED) is 0.765. The Kier molecular flexibility index (Phi) is 4.52. The average molecular weight is 237 g/mol. The third-order valence-corrected chi connectivity index (χ3v) is 5.28. The molecule has 0 radical (unpaired) electrons. The summed E-state index contributed by atoms with van der Waals surface area (Å²) in [4.78, 5) is 0. The summed E-state index contributed by atoms with van der Waals surface area (Å²) in [7, 11) is 0. The fraction of sp³-hybridized carbons (Fsp3) is 1.00. The van der Waals surface area contributed by atoms with Gasteiger partial charge in [0.15, 0.2) is 0 Å². The van der Waals surface area contributed by atoms with Gasteiger partial charge in [0.25, 0.3) is 0 Å². The highest BCUT2D eigenvalue weighted by atomic mass is 14.7. The van der Waals surface area contributed by atoms with E-state index in [0.29, 0.717) is 11.5 Å². The summed E-state index contributed by atoms with van der Waals surface area (Å²) in [5.74, 6) is 1.64. The maximum atomic E-state index is 6.74. The van der Waals surface area contributed by atoms with Crippen LogP contribution in [-0.2, 0) is 0 Å². The molecule has 2 aliphatic rings. The molecule has 2 aliphatic carbocycles. The molecule has 2 fully saturated rings. The minimum atomic E-state index is 0.493. The molecule has 0 bridgehead atoms. The lowest BCUT2D eigenvalue weighted by Crippen LogP contribution is -2.46. The molecule has 1 nitrogen and oxygen atoms in total. The Bertz CT molecular complexity index is 222. The van der Waals surface area contributed by atoms with E-state index in [1.807, 2.05) is 0 Å². The average Bonchev–Trinajstić information content (AvgIpc) is 2.78. The maximum Gasteiger partial charge on any atom is 0.0124 e. The van der Waals surface area contributed by atoms with Crippen molar-refractivity contribution in [2.75, 3.05) is 0 Å². The Balaban J connectivity index is 2.03. The van der Waals surface area contributed by atoms with E-state index in [4.69, 9.17) is 5.73 Å². The molecule has 0 aromatic carbocycles. The van der Waals surface area contributed by atoms with Gasteiger partial charge in [-0.3, -0.25) is 0 Å². The van der Waals surface area contributed by atoms with Crippen molar-refractivity contribution in [3.05, 3.63) is 0 Å². The van der Waals surface area contributed by atoms with Crippen molar-refractivity contribution < 1.29 is 0 Å². The van der Waals surface area contributed by atoms with Gasteiger partial charge in [0.2, 0.25) is 0 Å². The van der Waals surface area contributed by atoms with Gasteiger partial charge in [-0.05, 0) is 49.4 Å². The van der Waals surface area contributed by atoms with E-state index >= 15 is 0 Å². The normalized spacial score (nSPS) is 27.5. The minimum Gasteiger partial charge on any atom is -0.327 e. The Morgan fingerprint density at radius 2 is 1.59 bits per heavy atom. The van der Waals surface area contributed by atoms with E-state index in [9.17, 15) is 0 Å². The predicted octanol–water partition coefficient (Wildman–Crippen LogP) is 4.50. The van der Waals surface area contributed by atoms with Crippen LogP contribution in [0.1, 0.15) is 78.1 Å². The monoisotopic (exact) mass is 237 g/mol. The van der Waals surface area contributed by atoms with Gasteiger partial charge >= 0.3 is 0 Å². The first-order valence-electron chi connectivity index (χ1n) is 7.90. The Hall–Kier alpha value is -0.0400. The molecule has 2 N–H and O–H groups in total. The van der Waals surface area contributed by atoms with Gasteiger partial charge in [0, 0.05) is 6.04 Å². The van der Waals surface area contributed by atoms with Crippen LogP contribution < -0.4 is 5.73 Å². The summed E-state index contributed by atoms with van der Waals surface area (Å²) < 4.78 is 0. The van der Waals surface area contributed by atoms with Gasteiger partial charge < -0.3 is 5.73 Å². The van der Waals surface area contributed by atoms with Crippen molar-refractivity contribution in [3.63, 3.8) is 0 Å². The predicted molar refractivity (Wildman–Crippen MR) is 74.9 cm³/mol. The Morgan fingerprint density at radius 3 is 2.12 bits per heavy atom. The van der Waals surface area contributed by atoms with Gasteiger partial charge in [0.1, 0.15) is 0 Å². The smallest absolute Gasteiger partial charge is 0.0124 e. The summed E-state index contributed by atoms with van der Waals surface area (Å²) in [5.41, 5.74) is 7.25. The van der Waals surface area contributed by atoms with Crippen LogP contribution in [0.25, 0.3) is 0 Å². The van der Waals surface area contributed by atoms with Crippen molar-refractivity contribution in [2.45, 2.75) is 84.1 Å². The SMILES string of the molecule is CC(C)CC1(C(N)C2CCCCC2)CCCC1. The largest absolute Gasteiger partial charge is 0.327 e. The molecule has 2 rings (SSSR count). The summed E-state index contributed by atoms with van der Waals surface area (Å²) in [6.07, 6.45) is 14.1. The van der Waals surface area contributed by atoms with Crippen molar-refractivity contribution in [3.8, 4) is 0 Å². The van der Waals surface area contributed by atoms with E-state index < -0.39 is 0 Å². The van der Waals surface area contributed by atoms with Gasteiger partial charge in [-0.1, -0.05) is 46.0 Å². The zero-order valence-electron chi connectivity index (χ0n) is 11.9. The van der Waals surface area contributed by atoms with Crippen LogP contribution in [-0.4, -0.2) is 6.04 Å². The van der Waals surface area contributed by atoms with Gasteiger partial charge in [-0.2, -0.15) is 0 Å². The second kappa shape index (κ2) is 5.73. The van der Waals surface area contributed by atoms with Crippen LogP contribution in [0.3, 0.4) is 0 Å². The Labute approximate surface area is 108 Å². The molecular formula is C16H31N. The van der Waals surface area contributed by atoms with E-state index in [0.717, 1.165) is 11.8 Å². The van der Waals surface area contributed by atoms with Gasteiger partial charge in [-0.25, -0.2) is 0 Å². The molecule has 0 aromatic heterocycles. The first kappa shape index (κ1) is 13.4. The van der Waals surface area contributed by atoms with Crippen LogP contribution in [0, 0.1) is 17.3 Å². The number of rotatable bonds is 4. The van der Waals surface area contributed by atoms with Gasteiger partial charge in [0.05, 0.1) is 0 Å². The second-order valence-corrected chi connectivity index (χ2v) is 7.09. The lowest BCUT2D eigenvalue weighted by Gasteiger charge is -2.42. The van der Waals surface area contributed by atoms with Crippen molar-refractivity contribution in [1.29, 1.82) is 0 Å². The topological polar surface area (TPSA) is 26.0 Å². The zero-order valence-corrected chi connectivity index (χ0v) is 11.9. The third-order valence-electron chi connectivity index (χ3n) is 5.28. The molecule has 0 saturated heterocycles. The van der Waals surface area contributed by atoms with Crippen LogP contribution >= 0.6 is 0 Å². The van der Waals surface area contributed by atoms with Crippen LogP contribution in [0.2, 0.25) is 0 Å². The van der Waals surface area contributed by atoms with Gasteiger partial charge in [-0.15, -0.1) is 0 Å². The molecule has 1 atom stereocenters. The Morgan fingerprint density at radius 1 is 1.00 bits per heavy atom. The van der Waals surface area contributed by atoms with E-state index in [-0.39, 0.29) is 0 Å². The highest BCUT2D eigenvalue weighted by molar-refractivity contribution is 4.97. The lowest BCUT2D eigenvalue weighted by molar-refractivity contribution is 0.118. The van der Waals surface area contributed by atoms with Crippen molar-refractivity contribution >= 4 is 0 Å². The van der Waals surface area contributed by atoms with E-state index in [1.165, 1.54) is 64.2 Å². The molecule has 0 spiro atoms. The maximum absolute atomic E-state index is 6.74. The zero-order chi connectivity index (χ0) is 12.3. The highest BCUT2D eigenvalue weighted by Crippen LogP contribution is 2.48. The molecule has 1 unspecified atom stereocenters. The lowest BCUT2D eigenvalue weighted by atomic mass is 9.66. The van der Waals surface area contributed by atoms with Crippen molar-refractivity contribution in [2.24, 2.45) is 23.0 Å². The van der Waals surface area contributed by atoms with Crippen LogP contribution in [0.4, 0.5) is 0 Å². The second-order valence-electron chi connectivity index (χ2n) is 7.09. The molecule has 100 valence electrons. The molecule has 17 heavy (non-hydrogen) atoms.